The topological polar surface area (TPSA) is 77.7 Å². The highest BCUT2D eigenvalue weighted by atomic mass is 16.2. The fourth-order valence-corrected chi connectivity index (χ4v) is 3.27. The number of rotatable bonds is 3. The van der Waals surface area contributed by atoms with Gasteiger partial charge in [0.1, 0.15) is 5.82 Å². The van der Waals surface area contributed by atoms with Crippen molar-refractivity contribution in [3.05, 3.63) is 59.7 Å². The molecule has 0 radical (unpaired) electrons. The molecule has 0 aliphatic carbocycles. The first-order valence-corrected chi connectivity index (χ1v) is 8.16. The first-order chi connectivity index (χ1) is 11.7. The minimum atomic E-state index is -0.0447. The van der Waals surface area contributed by atoms with E-state index in [2.05, 4.69) is 20.2 Å². The molecule has 0 saturated carbocycles. The number of nitrogens with one attached hydrogen (secondary N) is 2. The maximum atomic E-state index is 12.8. The van der Waals surface area contributed by atoms with Crippen LogP contribution in [0.25, 0.3) is 11.4 Å². The van der Waals surface area contributed by atoms with Gasteiger partial charge in [0.05, 0.1) is 11.6 Å². The average molecular weight is 321 g/mol. The molecule has 2 aromatic heterocycles. The van der Waals surface area contributed by atoms with Gasteiger partial charge in [0.25, 0.3) is 5.91 Å². The molecule has 1 fully saturated rings. The van der Waals surface area contributed by atoms with E-state index in [0.29, 0.717) is 5.82 Å². The number of likely N-dealkylation sites (tertiary alicyclic amines) is 1. The number of carbonyl (C=O) groups excluding carboxylic acids is 1. The van der Waals surface area contributed by atoms with Crippen LogP contribution in [0.2, 0.25) is 0 Å². The van der Waals surface area contributed by atoms with Crippen molar-refractivity contribution in [1.29, 1.82) is 0 Å². The molecule has 1 amide bonds. The summed E-state index contributed by atoms with van der Waals surface area (Å²) in [5, 5.41) is 7.35. The molecule has 1 aliphatic rings. The van der Waals surface area contributed by atoms with E-state index >= 15 is 0 Å². The average Bonchev–Trinajstić information content (AvgIpc) is 3.35. The number of hydrogen-bond donors (Lipinski definition) is 2. The molecular weight excluding hydrogens is 302 g/mol. The zero-order valence-corrected chi connectivity index (χ0v) is 13.5. The Morgan fingerprint density at radius 1 is 1.25 bits per heavy atom. The van der Waals surface area contributed by atoms with Crippen LogP contribution in [-0.2, 0) is 0 Å². The van der Waals surface area contributed by atoms with E-state index in [1.54, 1.807) is 6.20 Å². The van der Waals surface area contributed by atoms with Gasteiger partial charge < -0.3 is 9.88 Å². The van der Waals surface area contributed by atoms with E-state index in [1.807, 2.05) is 48.2 Å². The van der Waals surface area contributed by atoms with Crippen LogP contribution in [0, 0.1) is 6.92 Å². The fourth-order valence-electron chi connectivity index (χ4n) is 3.27. The van der Waals surface area contributed by atoms with Crippen molar-refractivity contribution in [3.63, 3.8) is 0 Å². The van der Waals surface area contributed by atoms with Gasteiger partial charge in [-0.05, 0) is 25.8 Å². The molecule has 3 aromatic rings. The van der Waals surface area contributed by atoms with Crippen LogP contribution in [0.3, 0.4) is 0 Å². The van der Waals surface area contributed by atoms with Crippen molar-refractivity contribution in [2.75, 3.05) is 6.54 Å². The number of aromatic nitrogens is 4. The maximum Gasteiger partial charge on any atom is 0.256 e. The van der Waals surface area contributed by atoms with Crippen LogP contribution in [-0.4, -0.2) is 37.5 Å². The van der Waals surface area contributed by atoms with Crippen LogP contribution in [0.1, 0.15) is 40.8 Å². The van der Waals surface area contributed by atoms with Gasteiger partial charge in [0, 0.05) is 24.0 Å². The maximum absolute atomic E-state index is 12.8. The lowest BCUT2D eigenvalue weighted by Crippen LogP contribution is -2.31. The first-order valence-electron chi connectivity index (χ1n) is 8.16. The van der Waals surface area contributed by atoms with Crippen LogP contribution < -0.4 is 0 Å². The third-order valence-electron chi connectivity index (χ3n) is 4.55. The normalized spacial score (nSPS) is 17.4. The first kappa shape index (κ1) is 14.7. The van der Waals surface area contributed by atoms with Gasteiger partial charge in [0.2, 0.25) is 0 Å². The number of H-pyrrole nitrogens is 2. The van der Waals surface area contributed by atoms with Crippen LogP contribution in [0.5, 0.6) is 0 Å². The van der Waals surface area contributed by atoms with Gasteiger partial charge in [-0.15, -0.1) is 0 Å². The molecule has 1 aliphatic heterocycles. The Kier molecular flexibility index (Phi) is 3.65. The van der Waals surface area contributed by atoms with Gasteiger partial charge >= 0.3 is 0 Å². The van der Waals surface area contributed by atoms with Gasteiger partial charge in [-0.25, -0.2) is 4.98 Å². The minimum absolute atomic E-state index is 0.0447. The predicted molar refractivity (Wildman–Crippen MR) is 90.4 cm³/mol. The third-order valence-corrected chi connectivity index (χ3v) is 4.55. The standard InChI is InChI=1S/C18H19N5O/c1-12-14(9-10-19-12)18(24)23-11-5-8-15(23)17-20-16(21-22-17)13-6-3-2-4-7-13/h2-4,6-7,9-10,15,19H,5,8,11H2,1H3,(H,20,21,22)/t15-/m0/s1. The van der Waals surface area contributed by atoms with Crippen LogP contribution in [0.4, 0.5) is 0 Å². The fraction of sp³-hybridized carbons (Fsp3) is 0.278. The monoisotopic (exact) mass is 321 g/mol. The summed E-state index contributed by atoms with van der Waals surface area (Å²) in [5.41, 5.74) is 2.59. The summed E-state index contributed by atoms with van der Waals surface area (Å²) in [6, 6.07) is 11.6. The second-order valence-electron chi connectivity index (χ2n) is 6.08. The summed E-state index contributed by atoms with van der Waals surface area (Å²) < 4.78 is 0. The Bertz CT molecular complexity index is 851. The molecule has 6 heteroatoms. The summed E-state index contributed by atoms with van der Waals surface area (Å²) in [4.78, 5) is 22.4. The highest BCUT2D eigenvalue weighted by molar-refractivity contribution is 5.95. The molecule has 0 bridgehead atoms. The van der Waals surface area contributed by atoms with Crippen molar-refractivity contribution >= 4 is 5.91 Å². The molecule has 122 valence electrons. The molecule has 24 heavy (non-hydrogen) atoms. The lowest BCUT2D eigenvalue weighted by Gasteiger charge is -2.22. The summed E-state index contributed by atoms with van der Waals surface area (Å²) in [6.45, 7) is 2.66. The summed E-state index contributed by atoms with van der Waals surface area (Å²) in [6.07, 6.45) is 3.68. The molecule has 1 aromatic carbocycles. The second-order valence-corrected chi connectivity index (χ2v) is 6.08. The molecule has 4 rings (SSSR count). The number of carbonyl (C=O) groups is 1. The summed E-state index contributed by atoms with van der Waals surface area (Å²) in [5.74, 6) is 1.48. The smallest absolute Gasteiger partial charge is 0.256 e. The minimum Gasteiger partial charge on any atom is -0.365 e. The highest BCUT2D eigenvalue weighted by Crippen LogP contribution is 2.32. The van der Waals surface area contributed by atoms with Gasteiger partial charge in [0.15, 0.2) is 5.82 Å². The lowest BCUT2D eigenvalue weighted by molar-refractivity contribution is 0.0729. The van der Waals surface area contributed by atoms with Crippen molar-refractivity contribution < 1.29 is 4.79 Å². The van der Waals surface area contributed by atoms with Crippen molar-refractivity contribution in [2.24, 2.45) is 0 Å². The largest absolute Gasteiger partial charge is 0.365 e. The van der Waals surface area contributed by atoms with E-state index in [0.717, 1.165) is 42.0 Å². The zero-order chi connectivity index (χ0) is 16.5. The Hall–Kier alpha value is -2.89. The molecular formula is C18H19N5O. The van der Waals surface area contributed by atoms with E-state index in [4.69, 9.17) is 0 Å². The Labute approximate surface area is 139 Å². The molecule has 3 heterocycles. The number of amides is 1. The SMILES string of the molecule is Cc1[nH]ccc1C(=O)N1CCC[C@H]1c1nc(-c2ccccc2)n[nH]1. The molecule has 2 N–H and O–H groups in total. The number of aryl methyl sites for hydroxylation is 1. The summed E-state index contributed by atoms with van der Waals surface area (Å²) >= 11 is 0. The van der Waals surface area contributed by atoms with Crippen LogP contribution in [0.15, 0.2) is 42.6 Å². The zero-order valence-electron chi connectivity index (χ0n) is 13.5. The van der Waals surface area contributed by atoms with Crippen molar-refractivity contribution in [3.8, 4) is 11.4 Å². The molecule has 1 atom stereocenters. The molecule has 1 saturated heterocycles. The van der Waals surface area contributed by atoms with Gasteiger partial charge in [-0.3, -0.25) is 9.89 Å². The van der Waals surface area contributed by atoms with E-state index in [-0.39, 0.29) is 11.9 Å². The van der Waals surface area contributed by atoms with E-state index < -0.39 is 0 Å². The van der Waals surface area contributed by atoms with Crippen molar-refractivity contribution in [1.82, 2.24) is 25.1 Å². The molecule has 0 unspecified atom stereocenters. The Morgan fingerprint density at radius 3 is 2.83 bits per heavy atom. The Morgan fingerprint density at radius 2 is 2.08 bits per heavy atom. The quantitative estimate of drug-likeness (QED) is 0.778. The molecule has 6 nitrogen and oxygen atoms in total. The predicted octanol–water partition coefficient (Wildman–Crippen LogP) is 3.09. The Balaban J connectivity index is 1.61. The number of aromatic amines is 2. The van der Waals surface area contributed by atoms with Gasteiger partial charge in [-0.2, -0.15) is 5.10 Å². The van der Waals surface area contributed by atoms with Crippen molar-refractivity contribution in [2.45, 2.75) is 25.8 Å². The van der Waals surface area contributed by atoms with Gasteiger partial charge in [-0.1, -0.05) is 30.3 Å². The number of nitrogens with zero attached hydrogens (tertiary/aromatic N) is 3. The number of hydrogen-bond acceptors (Lipinski definition) is 3. The lowest BCUT2D eigenvalue weighted by atomic mass is 10.1. The highest BCUT2D eigenvalue weighted by Gasteiger charge is 2.33. The second kappa shape index (κ2) is 5.96. The van der Waals surface area contributed by atoms with E-state index in [9.17, 15) is 4.79 Å². The molecule has 0 spiro atoms. The number of benzene rings is 1. The summed E-state index contributed by atoms with van der Waals surface area (Å²) in [7, 11) is 0. The van der Waals surface area contributed by atoms with Crippen LogP contribution >= 0.6 is 0 Å². The van der Waals surface area contributed by atoms with E-state index in [1.165, 1.54) is 0 Å². The third kappa shape index (κ3) is 2.50.